The molecule has 0 radical (unpaired) electrons. The minimum Gasteiger partial charge on any atom is -0.399 e. The first-order valence-electron chi connectivity index (χ1n) is 5.60. The molecule has 0 bridgehead atoms. The highest BCUT2D eigenvalue weighted by atomic mass is 35.5. The molecule has 0 saturated carbocycles. The smallest absolute Gasteiger partial charge is 0.207 e. The lowest BCUT2D eigenvalue weighted by Gasteiger charge is -2.23. The first kappa shape index (κ1) is 15.0. The van der Waals surface area contributed by atoms with E-state index in [1.54, 1.807) is 19.1 Å². The first-order chi connectivity index (χ1) is 8.28. The molecule has 18 heavy (non-hydrogen) atoms. The maximum Gasteiger partial charge on any atom is 0.207 e. The van der Waals surface area contributed by atoms with Gasteiger partial charge in [0.05, 0.1) is 0 Å². The summed E-state index contributed by atoms with van der Waals surface area (Å²) in [6.45, 7) is 3.05. The molecule has 0 aromatic heterocycles. The predicted octanol–water partition coefficient (Wildman–Crippen LogP) is 2.23. The van der Waals surface area contributed by atoms with E-state index >= 15 is 0 Å². The van der Waals surface area contributed by atoms with E-state index in [0.717, 1.165) is 0 Å². The molecule has 1 aromatic rings. The third-order valence-electron chi connectivity index (χ3n) is 2.84. The molecular weight excluding hydrogens is 274 g/mol. The number of sulfone groups is 1. The number of benzene rings is 1. The minimum absolute atomic E-state index is 0.0218. The lowest BCUT2D eigenvalue weighted by atomic mass is 10.1. The van der Waals surface area contributed by atoms with Crippen LogP contribution < -0.4 is 5.73 Å². The molecule has 0 spiro atoms. The van der Waals surface area contributed by atoms with Crippen molar-refractivity contribution in [3.8, 4) is 0 Å². The van der Waals surface area contributed by atoms with Gasteiger partial charge in [-0.1, -0.05) is 25.4 Å². The molecule has 0 heterocycles. The quantitative estimate of drug-likeness (QED) is 0.512. The van der Waals surface area contributed by atoms with Crippen molar-refractivity contribution < 1.29 is 13.2 Å². The van der Waals surface area contributed by atoms with Crippen molar-refractivity contribution in [1.29, 1.82) is 0 Å². The molecule has 0 unspecified atom stereocenters. The summed E-state index contributed by atoms with van der Waals surface area (Å²) in [5, 5.41) is 0. The van der Waals surface area contributed by atoms with E-state index in [1.807, 2.05) is 0 Å². The highest BCUT2D eigenvalue weighted by Crippen LogP contribution is 2.32. The van der Waals surface area contributed by atoms with Gasteiger partial charge in [-0.3, -0.25) is 4.79 Å². The summed E-state index contributed by atoms with van der Waals surface area (Å²) in [5.41, 5.74) is 6.27. The lowest BCUT2D eigenvalue weighted by Crippen LogP contribution is -2.41. The molecule has 0 fully saturated rings. The molecular formula is C12H16ClNO3S. The Bertz CT molecular complexity index is 539. The summed E-state index contributed by atoms with van der Waals surface area (Å²) >= 11 is 6.07. The van der Waals surface area contributed by atoms with Crippen molar-refractivity contribution in [3.05, 3.63) is 29.8 Å². The molecule has 0 saturated heterocycles. The monoisotopic (exact) mass is 289 g/mol. The average Bonchev–Trinajstić information content (AvgIpc) is 2.37. The molecule has 4 nitrogen and oxygen atoms in total. The van der Waals surface area contributed by atoms with E-state index < -0.39 is 19.8 Å². The Kier molecular flexibility index (Phi) is 4.40. The van der Waals surface area contributed by atoms with E-state index in [1.165, 1.54) is 19.1 Å². The molecule has 2 N–H and O–H groups in total. The van der Waals surface area contributed by atoms with E-state index in [0.29, 0.717) is 5.69 Å². The minimum atomic E-state index is -3.68. The van der Waals surface area contributed by atoms with Crippen LogP contribution in [-0.4, -0.2) is 24.2 Å². The van der Waals surface area contributed by atoms with Gasteiger partial charge in [0, 0.05) is 17.0 Å². The molecule has 0 aliphatic carbocycles. The Morgan fingerprint density at radius 3 is 2.17 bits per heavy atom. The number of halogens is 1. The van der Waals surface area contributed by atoms with Crippen molar-refractivity contribution in [2.45, 2.75) is 24.5 Å². The number of ketones is 1. The Morgan fingerprint density at radius 1 is 1.28 bits per heavy atom. The standard InChI is InChI=1S/C12H16ClNO3S/c1-3-12(13,18(16,17)4-2)11(15)9-5-7-10(14)8-6-9/h5-8H,3-4,14H2,1-2H3/t12-/m1/s1. The molecule has 1 atom stereocenters. The van der Waals surface area contributed by atoms with Crippen LogP contribution in [0.25, 0.3) is 0 Å². The van der Waals surface area contributed by atoms with Gasteiger partial charge in [-0.15, -0.1) is 0 Å². The molecule has 0 aliphatic heterocycles. The van der Waals surface area contributed by atoms with Crippen LogP contribution in [0.5, 0.6) is 0 Å². The highest BCUT2D eigenvalue weighted by Gasteiger charge is 2.46. The summed E-state index contributed by atoms with van der Waals surface area (Å²) in [5.74, 6) is -0.779. The van der Waals surface area contributed by atoms with Gasteiger partial charge in [-0.05, 0) is 30.7 Å². The highest BCUT2D eigenvalue weighted by molar-refractivity contribution is 7.95. The average molecular weight is 290 g/mol. The fourth-order valence-corrected chi connectivity index (χ4v) is 3.33. The zero-order chi connectivity index (χ0) is 14.0. The number of hydrogen-bond acceptors (Lipinski definition) is 4. The van der Waals surface area contributed by atoms with Gasteiger partial charge in [0.15, 0.2) is 15.6 Å². The van der Waals surface area contributed by atoms with E-state index in [9.17, 15) is 13.2 Å². The summed E-state index contributed by atoms with van der Waals surface area (Å²) in [6, 6.07) is 6.04. The zero-order valence-corrected chi connectivity index (χ0v) is 11.9. The summed E-state index contributed by atoms with van der Waals surface area (Å²) in [4.78, 5) is 12.3. The Balaban J connectivity index is 3.26. The van der Waals surface area contributed by atoms with E-state index in [2.05, 4.69) is 0 Å². The third kappa shape index (κ3) is 2.52. The van der Waals surface area contributed by atoms with Gasteiger partial charge in [0.2, 0.25) is 4.21 Å². The number of alkyl halides is 1. The van der Waals surface area contributed by atoms with Gasteiger partial charge in [-0.2, -0.15) is 0 Å². The first-order valence-corrected chi connectivity index (χ1v) is 7.63. The fourth-order valence-electron chi connectivity index (χ4n) is 1.60. The maximum absolute atomic E-state index is 12.3. The number of hydrogen-bond donors (Lipinski definition) is 1. The number of nitrogen functional groups attached to an aromatic ring is 1. The van der Waals surface area contributed by atoms with Crippen molar-refractivity contribution in [3.63, 3.8) is 0 Å². The fraction of sp³-hybridized carbons (Fsp3) is 0.417. The topological polar surface area (TPSA) is 77.2 Å². The SMILES string of the molecule is CC[C@](Cl)(C(=O)c1ccc(N)cc1)S(=O)(=O)CC. The van der Waals surface area contributed by atoms with E-state index in [4.69, 9.17) is 17.3 Å². The summed E-state index contributed by atoms with van der Waals surface area (Å²) in [7, 11) is -3.68. The second-order valence-electron chi connectivity index (χ2n) is 3.94. The van der Waals surface area contributed by atoms with Crippen LogP contribution in [0, 0.1) is 0 Å². The second kappa shape index (κ2) is 5.28. The molecule has 0 aliphatic rings. The normalized spacial score (nSPS) is 15.1. The van der Waals surface area contributed by atoms with Crippen LogP contribution in [0.1, 0.15) is 30.6 Å². The van der Waals surface area contributed by atoms with Crippen LogP contribution in [-0.2, 0) is 9.84 Å². The van der Waals surface area contributed by atoms with E-state index in [-0.39, 0.29) is 17.7 Å². The van der Waals surface area contributed by atoms with Crippen LogP contribution in [0.4, 0.5) is 5.69 Å². The third-order valence-corrected chi connectivity index (χ3v) is 6.20. The molecule has 0 amide bonds. The van der Waals surface area contributed by atoms with Gasteiger partial charge in [0.1, 0.15) is 0 Å². The van der Waals surface area contributed by atoms with Gasteiger partial charge < -0.3 is 5.73 Å². The maximum atomic E-state index is 12.3. The number of rotatable bonds is 5. The molecule has 6 heteroatoms. The van der Waals surface area contributed by atoms with Gasteiger partial charge in [-0.25, -0.2) is 8.42 Å². The Hall–Kier alpha value is -1.07. The number of anilines is 1. The van der Waals surface area contributed by atoms with Crippen molar-refractivity contribution >= 4 is 32.9 Å². The second-order valence-corrected chi connectivity index (χ2v) is 7.31. The van der Waals surface area contributed by atoms with Gasteiger partial charge in [0.25, 0.3) is 0 Å². The van der Waals surface area contributed by atoms with Crippen LogP contribution in [0.3, 0.4) is 0 Å². The lowest BCUT2D eigenvalue weighted by molar-refractivity contribution is 0.0970. The largest absolute Gasteiger partial charge is 0.399 e. The van der Waals surface area contributed by atoms with Crippen LogP contribution >= 0.6 is 11.6 Å². The molecule has 1 rings (SSSR count). The van der Waals surface area contributed by atoms with Crippen molar-refractivity contribution in [2.24, 2.45) is 0 Å². The number of carbonyl (C=O) groups excluding carboxylic acids is 1. The van der Waals surface area contributed by atoms with Crippen molar-refractivity contribution in [1.82, 2.24) is 0 Å². The number of carbonyl (C=O) groups is 1. The number of Topliss-reactive ketones (excluding diaryl/α,β-unsaturated/α-hetero) is 1. The zero-order valence-electron chi connectivity index (χ0n) is 10.3. The summed E-state index contributed by atoms with van der Waals surface area (Å²) < 4.78 is 22.0. The van der Waals surface area contributed by atoms with Crippen molar-refractivity contribution in [2.75, 3.05) is 11.5 Å². The van der Waals surface area contributed by atoms with Crippen LogP contribution in [0.15, 0.2) is 24.3 Å². The molecule has 100 valence electrons. The Labute approximate surface area is 112 Å². The van der Waals surface area contributed by atoms with Gasteiger partial charge >= 0.3 is 0 Å². The summed E-state index contributed by atoms with van der Waals surface area (Å²) in [6.07, 6.45) is 0.0218. The number of nitrogens with two attached hydrogens (primary N) is 1. The Morgan fingerprint density at radius 2 is 1.78 bits per heavy atom. The molecule has 1 aromatic carbocycles. The van der Waals surface area contributed by atoms with Crippen LogP contribution in [0.2, 0.25) is 0 Å². The predicted molar refractivity (Wildman–Crippen MR) is 73.5 cm³/mol.